The number of carbonyl (C=O) groups excluding carboxylic acids is 2. The van der Waals surface area contributed by atoms with Crippen molar-refractivity contribution in [1.82, 2.24) is 0 Å². The summed E-state index contributed by atoms with van der Waals surface area (Å²) >= 11 is 0. The molecule has 1 aliphatic carbocycles. The SMILES string of the molecule is CC(=O)N1c2ccc(-c3cccc(S(C)(=O)=O)c3)cc2N(C(=O)OC2CCCCC2)C[C@@H]1C. The van der Waals surface area contributed by atoms with E-state index < -0.39 is 15.9 Å². The number of anilines is 2. The van der Waals surface area contributed by atoms with E-state index in [2.05, 4.69) is 0 Å². The molecule has 0 aromatic heterocycles. The van der Waals surface area contributed by atoms with E-state index in [1.54, 1.807) is 28.0 Å². The van der Waals surface area contributed by atoms with Gasteiger partial charge in [-0.3, -0.25) is 9.69 Å². The van der Waals surface area contributed by atoms with Crippen LogP contribution in [0.2, 0.25) is 0 Å². The number of rotatable bonds is 3. The van der Waals surface area contributed by atoms with Crippen LogP contribution in [0.4, 0.5) is 16.2 Å². The Hall–Kier alpha value is -2.87. The predicted molar refractivity (Wildman–Crippen MR) is 128 cm³/mol. The molecule has 33 heavy (non-hydrogen) atoms. The van der Waals surface area contributed by atoms with Crippen molar-refractivity contribution >= 4 is 33.2 Å². The number of nitrogens with zero attached hydrogens (tertiary/aromatic N) is 2. The van der Waals surface area contributed by atoms with Crippen LogP contribution in [0.1, 0.15) is 46.0 Å². The number of hydrogen-bond donors (Lipinski definition) is 0. The summed E-state index contributed by atoms with van der Waals surface area (Å²) in [5.74, 6) is -0.101. The van der Waals surface area contributed by atoms with Crippen LogP contribution < -0.4 is 9.80 Å². The van der Waals surface area contributed by atoms with E-state index in [9.17, 15) is 18.0 Å². The molecule has 176 valence electrons. The molecule has 0 bridgehead atoms. The van der Waals surface area contributed by atoms with Gasteiger partial charge < -0.3 is 9.64 Å². The Bertz CT molecular complexity index is 1170. The maximum atomic E-state index is 13.2. The molecule has 4 rings (SSSR count). The highest BCUT2D eigenvalue weighted by Crippen LogP contribution is 2.39. The molecule has 1 aliphatic heterocycles. The lowest BCUT2D eigenvalue weighted by atomic mass is 9.98. The summed E-state index contributed by atoms with van der Waals surface area (Å²) in [6.45, 7) is 3.75. The third-order valence-corrected chi connectivity index (χ3v) is 7.50. The lowest BCUT2D eigenvalue weighted by molar-refractivity contribution is -0.117. The Morgan fingerprint density at radius 2 is 1.67 bits per heavy atom. The summed E-state index contributed by atoms with van der Waals surface area (Å²) in [5.41, 5.74) is 2.71. The van der Waals surface area contributed by atoms with Crippen LogP contribution in [-0.4, -0.2) is 45.4 Å². The molecular formula is C25H30N2O5S. The van der Waals surface area contributed by atoms with Gasteiger partial charge in [-0.1, -0.05) is 24.6 Å². The smallest absolute Gasteiger partial charge is 0.414 e. The molecule has 0 spiro atoms. The van der Waals surface area contributed by atoms with Gasteiger partial charge in [-0.25, -0.2) is 13.2 Å². The molecule has 2 amide bonds. The molecule has 7 nitrogen and oxygen atoms in total. The first-order valence-corrected chi connectivity index (χ1v) is 13.3. The highest BCUT2D eigenvalue weighted by Gasteiger charge is 2.35. The fourth-order valence-electron chi connectivity index (χ4n) is 4.75. The minimum absolute atomic E-state index is 0.0783. The zero-order chi connectivity index (χ0) is 23.8. The van der Waals surface area contributed by atoms with Crippen LogP contribution in [0.3, 0.4) is 0 Å². The highest BCUT2D eigenvalue weighted by molar-refractivity contribution is 7.90. The first-order valence-electron chi connectivity index (χ1n) is 11.4. The summed E-state index contributed by atoms with van der Waals surface area (Å²) in [6, 6.07) is 12.0. The first-order chi connectivity index (χ1) is 15.6. The summed E-state index contributed by atoms with van der Waals surface area (Å²) in [4.78, 5) is 29.1. The molecule has 2 aromatic carbocycles. The lowest BCUT2D eigenvalue weighted by Crippen LogP contribution is -2.52. The molecule has 0 saturated heterocycles. The Labute approximate surface area is 195 Å². The topological polar surface area (TPSA) is 84.0 Å². The molecule has 0 unspecified atom stereocenters. The molecule has 1 atom stereocenters. The first kappa shape index (κ1) is 23.3. The third-order valence-electron chi connectivity index (χ3n) is 6.39. The van der Waals surface area contributed by atoms with Crippen LogP contribution in [0.25, 0.3) is 11.1 Å². The zero-order valence-electron chi connectivity index (χ0n) is 19.3. The van der Waals surface area contributed by atoms with E-state index in [-0.39, 0.29) is 22.9 Å². The summed E-state index contributed by atoms with van der Waals surface area (Å²) in [5, 5.41) is 0. The summed E-state index contributed by atoms with van der Waals surface area (Å²) < 4.78 is 29.9. The lowest BCUT2D eigenvalue weighted by Gasteiger charge is -2.41. The molecule has 0 radical (unpaired) electrons. The van der Waals surface area contributed by atoms with E-state index in [0.29, 0.717) is 23.5 Å². The van der Waals surface area contributed by atoms with Crippen molar-refractivity contribution < 1.29 is 22.7 Å². The van der Waals surface area contributed by atoms with E-state index in [4.69, 9.17) is 4.74 Å². The number of benzene rings is 2. The molecule has 1 heterocycles. The summed E-state index contributed by atoms with van der Waals surface area (Å²) in [6.07, 6.45) is 5.73. The van der Waals surface area contributed by atoms with Gasteiger partial charge in [0.2, 0.25) is 5.91 Å². The quantitative estimate of drug-likeness (QED) is 0.644. The predicted octanol–water partition coefficient (Wildman–Crippen LogP) is 4.79. The van der Waals surface area contributed by atoms with Crippen molar-refractivity contribution in [2.75, 3.05) is 22.6 Å². The Balaban J connectivity index is 1.74. The second-order valence-corrected chi connectivity index (χ2v) is 11.0. The maximum absolute atomic E-state index is 13.2. The molecule has 1 saturated carbocycles. The van der Waals surface area contributed by atoms with Crippen LogP contribution in [0, 0.1) is 0 Å². The highest BCUT2D eigenvalue weighted by atomic mass is 32.2. The monoisotopic (exact) mass is 470 g/mol. The Morgan fingerprint density at radius 3 is 2.33 bits per heavy atom. The maximum Gasteiger partial charge on any atom is 0.414 e. The van der Waals surface area contributed by atoms with Crippen molar-refractivity contribution in [3.8, 4) is 11.1 Å². The van der Waals surface area contributed by atoms with E-state index in [1.165, 1.54) is 19.6 Å². The van der Waals surface area contributed by atoms with E-state index in [0.717, 1.165) is 31.2 Å². The largest absolute Gasteiger partial charge is 0.446 e. The number of ether oxygens (including phenoxy) is 1. The van der Waals surface area contributed by atoms with Gasteiger partial charge in [0.05, 0.1) is 22.3 Å². The van der Waals surface area contributed by atoms with Gasteiger partial charge in [-0.05, 0) is 68.0 Å². The molecule has 2 aliphatic rings. The Kier molecular flexibility index (Phi) is 6.47. The van der Waals surface area contributed by atoms with Crippen LogP contribution in [-0.2, 0) is 19.4 Å². The van der Waals surface area contributed by atoms with Gasteiger partial charge in [0.1, 0.15) is 6.10 Å². The van der Waals surface area contributed by atoms with Gasteiger partial charge in [0.25, 0.3) is 0 Å². The number of hydrogen-bond acceptors (Lipinski definition) is 5. The van der Waals surface area contributed by atoms with E-state index in [1.807, 2.05) is 31.2 Å². The molecule has 0 N–H and O–H groups in total. The average molecular weight is 471 g/mol. The normalized spacial score (nSPS) is 19.2. The number of amides is 2. The van der Waals surface area contributed by atoms with E-state index >= 15 is 0 Å². The van der Waals surface area contributed by atoms with Gasteiger partial charge in [0, 0.05) is 19.7 Å². The number of carbonyl (C=O) groups is 2. The van der Waals surface area contributed by atoms with Crippen LogP contribution in [0.15, 0.2) is 47.4 Å². The summed E-state index contributed by atoms with van der Waals surface area (Å²) in [7, 11) is -3.36. The minimum atomic E-state index is -3.36. The Morgan fingerprint density at radius 1 is 0.970 bits per heavy atom. The van der Waals surface area contributed by atoms with Gasteiger partial charge >= 0.3 is 6.09 Å². The average Bonchev–Trinajstić information content (AvgIpc) is 2.78. The fraction of sp³-hybridized carbons (Fsp3) is 0.440. The second-order valence-electron chi connectivity index (χ2n) is 9.00. The van der Waals surface area contributed by atoms with Crippen molar-refractivity contribution in [3.63, 3.8) is 0 Å². The van der Waals surface area contributed by atoms with Crippen molar-refractivity contribution in [3.05, 3.63) is 42.5 Å². The molecule has 8 heteroatoms. The number of fused-ring (bicyclic) bond motifs is 1. The second kappa shape index (κ2) is 9.17. The van der Waals surface area contributed by atoms with Gasteiger partial charge in [-0.2, -0.15) is 0 Å². The fourth-order valence-corrected chi connectivity index (χ4v) is 5.42. The van der Waals surface area contributed by atoms with Crippen molar-refractivity contribution in [1.29, 1.82) is 0 Å². The van der Waals surface area contributed by atoms with Crippen LogP contribution >= 0.6 is 0 Å². The zero-order valence-corrected chi connectivity index (χ0v) is 20.1. The van der Waals surface area contributed by atoms with Crippen molar-refractivity contribution in [2.45, 2.75) is 63.0 Å². The number of sulfone groups is 1. The third kappa shape index (κ3) is 4.90. The minimum Gasteiger partial charge on any atom is -0.446 e. The molecule has 1 fully saturated rings. The van der Waals surface area contributed by atoms with Crippen LogP contribution in [0.5, 0.6) is 0 Å². The standard InChI is InChI=1S/C25H30N2O5S/c1-17-16-26(25(29)32-21-9-5-4-6-10-21)24-15-20(12-13-23(24)27(17)18(2)28)19-8-7-11-22(14-19)33(3,30)31/h7-8,11-15,17,21H,4-6,9-10,16H2,1-3H3/t17-/m0/s1. The molecule has 2 aromatic rings. The van der Waals surface area contributed by atoms with Gasteiger partial charge in [0.15, 0.2) is 9.84 Å². The van der Waals surface area contributed by atoms with Gasteiger partial charge in [-0.15, -0.1) is 0 Å². The molecular weight excluding hydrogens is 440 g/mol. The van der Waals surface area contributed by atoms with Crippen molar-refractivity contribution in [2.24, 2.45) is 0 Å².